The minimum Gasteiger partial charge on any atom is -0.481 e. The van der Waals surface area contributed by atoms with Crippen LogP contribution in [0.1, 0.15) is 32.8 Å². The summed E-state index contributed by atoms with van der Waals surface area (Å²) in [5.41, 5.74) is 1.15. The quantitative estimate of drug-likeness (QED) is 0.702. The number of alkyl carbamates (subject to hydrolysis) is 1. The van der Waals surface area contributed by atoms with E-state index in [1.54, 1.807) is 51.1 Å². The Labute approximate surface area is 168 Å². The fourth-order valence-corrected chi connectivity index (χ4v) is 2.85. The number of halogens is 2. The van der Waals surface area contributed by atoms with Gasteiger partial charge in [0.25, 0.3) is 0 Å². The minimum absolute atomic E-state index is 0.246. The SMILES string of the molecule is CC(C)(C)OC(=O)N[C@@H](CC(=O)O)Cc1ccc(-c2cc(Cl)ccc2F)cc1. The van der Waals surface area contributed by atoms with E-state index in [-0.39, 0.29) is 12.2 Å². The highest BCUT2D eigenvalue weighted by Gasteiger charge is 2.21. The minimum atomic E-state index is -1.03. The number of aliphatic carboxylic acids is 1. The maximum atomic E-state index is 14.0. The predicted octanol–water partition coefficient (Wildman–Crippen LogP) is 5.06. The van der Waals surface area contributed by atoms with Crippen LogP contribution in [-0.4, -0.2) is 28.8 Å². The van der Waals surface area contributed by atoms with Crippen LogP contribution < -0.4 is 5.32 Å². The van der Waals surface area contributed by atoms with Gasteiger partial charge in [0.1, 0.15) is 11.4 Å². The third-order valence-electron chi connectivity index (χ3n) is 3.82. The standard InChI is InChI=1S/C21H23ClFNO4/c1-21(2,3)28-20(27)24-16(12-19(25)26)10-13-4-6-14(7-5-13)17-11-15(22)8-9-18(17)23/h4-9,11,16H,10,12H2,1-3H3,(H,24,27)(H,25,26)/t16-/m1/s1. The van der Waals surface area contributed by atoms with Crippen LogP contribution in [0.4, 0.5) is 9.18 Å². The van der Waals surface area contributed by atoms with Gasteiger partial charge >= 0.3 is 12.1 Å². The Morgan fingerprint density at radius 3 is 2.39 bits per heavy atom. The molecule has 0 bridgehead atoms. The summed E-state index contributed by atoms with van der Waals surface area (Å²) < 4.78 is 19.2. The van der Waals surface area contributed by atoms with E-state index < -0.39 is 23.7 Å². The number of rotatable bonds is 6. The maximum absolute atomic E-state index is 14.0. The Bertz CT molecular complexity index is 846. The van der Waals surface area contributed by atoms with Crippen molar-refractivity contribution in [1.29, 1.82) is 0 Å². The molecule has 0 aromatic heterocycles. The number of amides is 1. The molecule has 0 aliphatic carbocycles. The van der Waals surface area contributed by atoms with Gasteiger partial charge < -0.3 is 15.2 Å². The van der Waals surface area contributed by atoms with Crippen LogP contribution in [0, 0.1) is 5.82 Å². The number of carboxylic acid groups (broad SMARTS) is 1. The Kier molecular flexibility index (Phi) is 7.02. The Morgan fingerprint density at radius 1 is 1.18 bits per heavy atom. The van der Waals surface area contributed by atoms with Gasteiger partial charge in [-0.05, 0) is 56.5 Å². The van der Waals surface area contributed by atoms with Crippen molar-refractivity contribution in [2.75, 3.05) is 0 Å². The third-order valence-corrected chi connectivity index (χ3v) is 4.05. The van der Waals surface area contributed by atoms with Crippen molar-refractivity contribution >= 4 is 23.7 Å². The number of ether oxygens (including phenoxy) is 1. The monoisotopic (exact) mass is 407 g/mol. The first kappa shape index (κ1) is 21.7. The number of carbonyl (C=O) groups is 2. The summed E-state index contributed by atoms with van der Waals surface area (Å²) in [5, 5.41) is 12.1. The number of carboxylic acids is 1. The van der Waals surface area contributed by atoms with Gasteiger partial charge in [-0.3, -0.25) is 4.79 Å². The molecule has 0 saturated heterocycles. The molecule has 0 aliphatic rings. The second-order valence-electron chi connectivity index (χ2n) is 7.47. The maximum Gasteiger partial charge on any atom is 0.407 e. The van der Waals surface area contributed by atoms with Gasteiger partial charge in [0.2, 0.25) is 0 Å². The molecule has 0 heterocycles. The van der Waals surface area contributed by atoms with Gasteiger partial charge in [-0.1, -0.05) is 35.9 Å². The molecule has 0 radical (unpaired) electrons. The third kappa shape index (κ3) is 6.85. The highest BCUT2D eigenvalue weighted by Crippen LogP contribution is 2.26. The van der Waals surface area contributed by atoms with Gasteiger partial charge in [0.05, 0.1) is 6.42 Å². The summed E-state index contributed by atoms with van der Waals surface area (Å²) in [6.45, 7) is 5.19. The zero-order valence-corrected chi connectivity index (χ0v) is 16.7. The average Bonchev–Trinajstić information content (AvgIpc) is 2.55. The molecule has 0 saturated carbocycles. The van der Waals surface area contributed by atoms with E-state index >= 15 is 0 Å². The highest BCUT2D eigenvalue weighted by molar-refractivity contribution is 6.30. The van der Waals surface area contributed by atoms with Gasteiger partial charge in [-0.15, -0.1) is 0 Å². The molecule has 28 heavy (non-hydrogen) atoms. The normalized spacial score (nSPS) is 12.3. The van der Waals surface area contributed by atoms with Crippen LogP contribution in [0.5, 0.6) is 0 Å². The van der Waals surface area contributed by atoms with E-state index in [1.807, 2.05) is 0 Å². The Balaban J connectivity index is 2.12. The first-order chi connectivity index (χ1) is 13.0. The lowest BCUT2D eigenvalue weighted by Crippen LogP contribution is -2.41. The fourth-order valence-electron chi connectivity index (χ4n) is 2.68. The summed E-state index contributed by atoms with van der Waals surface area (Å²) in [4.78, 5) is 23.1. The van der Waals surface area contributed by atoms with E-state index in [1.165, 1.54) is 12.1 Å². The molecule has 150 valence electrons. The molecule has 7 heteroatoms. The second-order valence-corrected chi connectivity index (χ2v) is 7.90. The van der Waals surface area contributed by atoms with Crippen molar-refractivity contribution in [3.05, 3.63) is 58.9 Å². The summed E-state index contributed by atoms with van der Waals surface area (Å²) in [6.07, 6.45) is -0.621. The van der Waals surface area contributed by atoms with Crippen molar-refractivity contribution in [2.45, 2.75) is 45.3 Å². The molecular weight excluding hydrogens is 385 g/mol. The number of hydrogen-bond acceptors (Lipinski definition) is 3. The molecule has 2 N–H and O–H groups in total. The molecule has 2 rings (SSSR count). The van der Waals surface area contributed by atoms with Gasteiger partial charge in [0, 0.05) is 16.6 Å². The summed E-state index contributed by atoms with van der Waals surface area (Å²) >= 11 is 5.94. The van der Waals surface area contributed by atoms with Crippen LogP contribution in [0.25, 0.3) is 11.1 Å². The largest absolute Gasteiger partial charge is 0.481 e. The molecular formula is C21H23ClFNO4. The molecule has 0 unspecified atom stereocenters. The van der Waals surface area contributed by atoms with E-state index in [2.05, 4.69) is 5.32 Å². The number of nitrogens with one attached hydrogen (secondary N) is 1. The van der Waals surface area contributed by atoms with Crippen molar-refractivity contribution < 1.29 is 23.8 Å². The van der Waals surface area contributed by atoms with Crippen LogP contribution >= 0.6 is 11.6 Å². The van der Waals surface area contributed by atoms with Crippen molar-refractivity contribution in [3.63, 3.8) is 0 Å². The molecule has 2 aromatic rings. The summed E-state index contributed by atoms with van der Waals surface area (Å²) in [5.74, 6) is -1.41. The second kappa shape index (κ2) is 9.06. The lowest BCUT2D eigenvalue weighted by Gasteiger charge is -2.23. The molecule has 1 atom stereocenters. The smallest absolute Gasteiger partial charge is 0.407 e. The molecule has 1 amide bonds. The fraction of sp³-hybridized carbons (Fsp3) is 0.333. The highest BCUT2D eigenvalue weighted by atomic mass is 35.5. The van der Waals surface area contributed by atoms with Crippen LogP contribution in [0.15, 0.2) is 42.5 Å². The summed E-state index contributed by atoms with van der Waals surface area (Å²) in [6, 6.07) is 10.7. The van der Waals surface area contributed by atoms with E-state index in [0.29, 0.717) is 22.6 Å². The van der Waals surface area contributed by atoms with Crippen molar-refractivity contribution in [3.8, 4) is 11.1 Å². The Hall–Kier alpha value is -2.60. The van der Waals surface area contributed by atoms with E-state index in [0.717, 1.165) is 5.56 Å². The van der Waals surface area contributed by atoms with Crippen molar-refractivity contribution in [1.82, 2.24) is 5.32 Å². The van der Waals surface area contributed by atoms with Crippen LogP contribution in [0.2, 0.25) is 5.02 Å². The van der Waals surface area contributed by atoms with E-state index in [4.69, 9.17) is 21.4 Å². The first-order valence-electron chi connectivity index (χ1n) is 8.79. The molecule has 0 fully saturated rings. The average molecular weight is 408 g/mol. The van der Waals surface area contributed by atoms with Crippen LogP contribution in [-0.2, 0) is 16.0 Å². The van der Waals surface area contributed by atoms with Crippen LogP contribution in [0.3, 0.4) is 0 Å². The zero-order chi connectivity index (χ0) is 20.9. The molecule has 0 spiro atoms. The first-order valence-corrected chi connectivity index (χ1v) is 9.17. The summed E-state index contributed by atoms with van der Waals surface area (Å²) in [7, 11) is 0. The molecule has 2 aromatic carbocycles. The van der Waals surface area contributed by atoms with Gasteiger partial charge in [0.15, 0.2) is 0 Å². The lowest BCUT2D eigenvalue weighted by atomic mass is 9.99. The number of benzene rings is 2. The zero-order valence-electron chi connectivity index (χ0n) is 16.0. The van der Waals surface area contributed by atoms with E-state index in [9.17, 15) is 14.0 Å². The predicted molar refractivity (Wildman–Crippen MR) is 106 cm³/mol. The lowest BCUT2D eigenvalue weighted by molar-refractivity contribution is -0.137. The van der Waals surface area contributed by atoms with Gasteiger partial charge in [-0.2, -0.15) is 0 Å². The Morgan fingerprint density at radius 2 is 1.82 bits per heavy atom. The number of carbonyl (C=O) groups excluding carboxylic acids is 1. The molecule has 5 nitrogen and oxygen atoms in total. The van der Waals surface area contributed by atoms with Crippen molar-refractivity contribution in [2.24, 2.45) is 0 Å². The topological polar surface area (TPSA) is 75.6 Å². The molecule has 0 aliphatic heterocycles. The van der Waals surface area contributed by atoms with Gasteiger partial charge in [-0.25, -0.2) is 9.18 Å². The number of hydrogen-bond donors (Lipinski definition) is 2.